The highest BCUT2D eigenvalue weighted by molar-refractivity contribution is 7.91. The van der Waals surface area contributed by atoms with Crippen LogP contribution in [0.4, 0.5) is 11.5 Å². The van der Waals surface area contributed by atoms with Gasteiger partial charge >= 0.3 is 0 Å². The van der Waals surface area contributed by atoms with E-state index in [0.717, 1.165) is 11.5 Å². The summed E-state index contributed by atoms with van der Waals surface area (Å²) in [4.78, 5) is 0. The zero-order valence-corrected chi connectivity index (χ0v) is 11.8. The van der Waals surface area contributed by atoms with Crippen LogP contribution in [0.1, 0.15) is 26.0 Å². The van der Waals surface area contributed by atoms with Gasteiger partial charge in [-0.2, -0.15) is 5.10 Å². The Morgan fingerprint density at radius 1 is 1.56 bits per heavy atom. The van der Waals surface area contributed by atoms with E-state index >= 15 is 0 Å². The molecule has 0 radical (unpaired) electrons. The summed E-state index contributed by atoms with van der Waals surface area (Å²) in [6.07, 6.45) is 0.600. The number of nitrogens with two attached hydrogens (primary N) is 1. The van der Waals surface area contributed by atoms with E-state index in [4.69, 9.17) is 5.73 Å². The molecule has 1 aromatic rings. The predicted molar refractivity (Wildman–Crippen MR) is 72.3 cm³/mol. The number of nitrogens with one attached hydrogen (secondary N) is 1. The van der Waals surface area contributed by atoms with Gasteiger partial charge in [-0.3, -0.25) is 0 Å². The van der Waals surface area contributed by atoms with Crippen molar-refractivity contribution in [3.8, 4) is 0 Å². The molecule has 1 aromatic heterocycles. The second-order valence-corrected chi connectivity index (χ2v) is 7.38. The highest BCUT2D eigenvalue weighted by Crippen LogP contribution is 2.31. The van der Waals surface area contributed by atoms with Crippen LogP contribution in [0.15, 0.2) is 0 Å². The van der Waals surface area contributed by atoms with Crippen molar-refractivity contribution in [3.63, 3.8) is 0 Å². The summed E-state index contributed by atoms with van der Waals surface area (Å²) < 4.78 is 25.0. The number of nitrogens with zero attached hydrogens (tertiary/aromatic N) is 2. The van der Waals surface area contributed by atoms with Gasteiger partial charge in [0, 0.05) is 6.54 Å². The number of anilines is 2. The van der Waals surface area contributed by atoms with Gasteiger partial charge in [0.05, 0.1) is 28.4 Å². The van der Waals surface area contributed by atoms with Gasteiger partial charge in [0.2, 0.25) is 0 Å². The molecule has 0 aromatic carbocycles. The quantitative estimate of drug-likeness (QED) is 0.848. The number of sulfone groups is 1. The lowest BCUT2D eigenvalue weighted by Crippen LogP contribution is -2.37. The molecule has 0 bridgehead atoms. The maximum atomic E-state index is 11.6. The average Bonchev–Trinajstić information content (AvgIpc) is 2.69. The maximum absolute atomic E-state index is 11.6. The molecule has 0 spiro atoms. The van der Waals surface area contributed by atoms with Gasteiger partial charge in [0.1, 0.15) is 5.82 Å². The topological polar surface area (TPSA) is 90.0 Å². The predicted octanol–water partition coefficient (Wildman–Crippen LogP) is 0.783. The molecule has 0 amide bonds. The van der Waals surface area contributed by atoms with E-state index < -0.39 is 15.4 Å². The third-order valence-corrected chi connectivity index (χ3v) is 5.30. The first-order valence-electron chi connectivity index (χ1n) is 6.08. The molecule has 1 aliphatic rings. The lowest BCUT2D eigenvalue weighted by Gasteiger charge is -2.25. The van der Waals surface area contributed by atoms with Crippen LogP contribution < -0.4 is 11.1 Å². The van der Waals surface area contributed by atoms with Crippen LogP contribution in [0.3, 0.4) is 0 Å². The Morgan fingerprint density at radius 3 is 2.72 bits per heavy atom. The zero-order valence-electron chi connectivity index (χ0n) is 11.0. The number of aryl methyl sites for hydroxylation is 2. The minimum atomic E-state index is -2.93. The van der Waals surface area contributed by atoms with E-state index in [1.165, 1.54) is 0 Å². The van der Waals surface area contributed by atoms with Crippen LogP contribution in [-0.4, -0.2) is 35.2 Å². The molecular weight excluding hydrogens is 252 g/mol. The lowest BCUT2D eigenvalue weighted by atomic mass is 10.0. The van der Waals surface area contributed by atoms with Crippen molar-refractivity contribution < 1.29 is 8.42 Å². The van der Waals surface area contributed by atoms with Crippen molar-refractivity contribution in [1.82, 2.24) is 9.78 Å². The van der Waals surface area contributed by atoms with E-state index in [1.807, 2.05) is 20.8 Å². The van der Waals surface area contributed by atoms with Crippen molar-refractivity contribution in [2.45, 2.75) is 39.3 Å². The summed E-state index contributed by atoms with van der Waals surface area (Å²) in [6, 6.07) is 0. The minimum Gasteiger partial charge on any atom is -0.394 e. The van der Waals surface area contributed by atoms with Crippen LogP contribution in [-0.2, 0) is 16.4 Å². The Hall–Kier alpha value is -1.24. The molecule has 0 aliphatic carbocycles. The molecule has 6 nitrogen and oxygen atoms in total. The maximum Gasteiger partial charge on any atom is 0.152 e. The van der Waals surface area contributed by atoms with Crippen LogP contribution in [0.25, 0.3) is 0 Å². The molecule has 0 saturated carbocycles. The molecule has 1 unspecified atom stereocenters. The molecular formula is C11H20N4O2S. The summed E-state index contributed by atoms with van der Waals surface area (Å²) in [7, 11) is -2.93. The van der Waals surface area contributed by atoms with E-state index in [2.05, 4.69) is 10.4 Å². The first-order valence-corrected chi connectivity index (χ1v) is 7.90. The normalized spacial score (nSPS) is 26.4. The SMILES string of the molecule is CCn1nc(C)c(N)c1NC1(C)CCS(=O)(=O)C1. The van der Waals surface area contributed by atoms with Crippen molar-refractivity contribution >= 4 is 21.3 Å². The fourth-order valence-corrected chi connectivity index (χ4v) is 4.44. The van der Waals surface area contributed by atoms with E-state index in [0.29, 0.717) is 18.7 Å². The van der Waals surface area contributed by atoms with Gasteiger partial charge < -0.3 is 11.1 Å². The number of hydrogen-bond acceptors (Lipinski definition) is 5. The Bertz CT molecular complexity index is 564. The van der Waals surface area contributed by atoms with Crippen molar-refractivity contribution in [3.05, 3.63) is 5.69 Å². The Morgan fingerprint density at radius 2 is 2.22 bits per heavy atom. The van der Waals surface area contributed by atoms with Gasteiger partial charge in [-0.1, -0.05) is 0 Å². The Labute approximate surface area is 107 Å². The second kappa shape index (κ2) is 4.15. The summed E-state index contributed by atoms with van der Waals surface area (Å²) in [5.41, 5.74) is 6.90. The van der Waals surface area contributed by atoms with E-state index in [1.54, 1.807) is 4.68 Å². The van der Waals surface area contributed by atoms with Gasteiger partial charge in [-0.15, -0.1) is 0 Å². The molecule has 102 valence electrons. The highest BCUT2D eigenvalue weighted by atomic mass is 32.2. The minimum absolute atomic E-state index is 0.146. The second-order valence-electron chi connectivity index (χ2n) is 5.19. The zero-order chi connectivity index (χ0) is 13.6. The van der Waals surface area contributed by atoms with Crippen molar-refractivity contribution in [1.29, 1.82) is 0 Å². The molecule has 3 N–H and O–H groups in total. The number of nitrogen functional groups attached to an aromatic ring is 1. The summed E-state index contributed by atoms with van der Waals surface area (Å²) in [5, 5.41) is 7.60. The Kier molecular flexibility index (Phi) is 3.04. The summed E-state index contributed by atoms with van der Waals surface area (Å²) in [5.74, 6) is 1.11. The summed E-state index contributed by atoms with van der Waals surface area (Å²) in [6.45, 7) is 6.44. The lowest BCUT2D eigenvalue weighted by molar-refractivity contribution is 0.558. The summed E-state index contributed by atoms with van der Waals surface area (Å²) >= 11 is 0. The van der Waals surface area contributed by atoms with Crippen LogP contribution >= 0.6 is 0 Å². The standard InChI is InChI=1S/C11H20N4O2S/c1-4-15-10(9(12)8(2)14-15)13-11(3)5-6-18(16,17)7-11/h13H,4-7,12H2,1-3H3. The van der Waals surface area contributed by atoms with E-state index in [-0.39, 0.29) is 11.5 Å². The monoisotopic (exact) mass is 272 g/mol. The van der Waals surface area contributed by atoms with Gasteiger partial charge in [-0.05, 0) is 27.2 Å². The van der Waals surface area contributed by atoms with Crippen LogP contribution in [0, 0.1) is 6.92 Å². The molecule has 2 rings (SSSR count). The van der Waals surface area contributed by atoms with Gasteiger partial charge in [-0.25, -0.2) is 13.1 Å². The molecule has 1 fully saturated rings. The average molecular weight is 272 g/mol. The van der Waals surface area contributed by atoms with Crippen molar-refractivity contribution in [2.75, 3.05) is 22.6 Å². The van der Waals surface area contributed by atoms with Crippen LogP contribution in [0.2, 0.25) is 0 Å². The first kappa shape index (κ1) is 13.2. The van der Waals surface area contributed by atoms with E-state index in [9.17, 15) is 8.42 Å². The molecule has 2 heterocycles. The van der Waals surface area contributed by atoms with Gasteiger partial charge in [0.25, 0.3) is 0 Å². The molecule has 18 heavy (non-hydrogen) atoms. The largest absolute Gasteiger partial charge is 0.394 e. The molecule has 1 saturated heterocycles. The molecule has 1 aliphatic heterocycles. The number of aromatic nitrogens is 2. The molecule has 1 atom stereocenters. The Balaban J connectivity index is 2.30. The van der Waals surface area contributed by atoms with Crippen LogP contribution in [0.5, 0.6) is 0 Å². The smallest absolute Gasteiger partial charge is 0.152 e. The number of rotatable bonds is 3. The third-order valence-electron chi connectivity index (χ3n) is 3.40. The molecule has 7 heteroatoms. The third kappa shape index (κ3) is 2.31. The fraction of sp³-hybridized carbons (Fsp3) is 0.727. The van der Waals surface area contributed by atoms with Crippen molar-refractivity contribution in [2.24, 2.45) is 0 Å². The first-order chi connectivity index (χ1) is 8.26. The van der Waals surface area contributed by atoms with Gasteiger partial charge in [0.15, 0.2) is 9.84 Å². The highest BCUT2D eigenvalue weighted by Gasteiger charge is 2.39. The number of hydrogen-bond donors (Lipinski definition) is 2. The fourth-order valence-electron chi connectivity index (χ4n) is 2.35.